The number of esters is 1. The molecule has 0 amide bonds. The number of hydrogen-bond donors (Lipinski definition) is 0. The first-order chi connectivity index (χ1) is 12.2. The van der Waals surface area contributed by atoms with Crippen molar-refractivity contribution in [2.75, 3.05) is 6.61 Å². The van der Waals surface area contributed by atoms with Crippen LogP contribution >= 0.6 is 0 Å². The summed E-state index contributed by atoms with van der Waals surface area (Å²) in [5.41, 5.74) is 1.48. The predicted octanol–water partition coefficient (Wildman–Crippen LogP) is 4.71. The van der Waals surface area contributed by atoms with Crippen molar-refractivity contribution in [3.8, 4) is 11.5 Å². The van der Waals surface area contributed by atoms with E-state index in [0.717, 1.165) is 16.4 Å². The molecule has 25 heavy (non-hydrogen) atoms. The van der Waals surface area contributed by atoms with Gasteiger partial charge in [0.2, 0.25) is 0 Å². The molecule has 0 N–H and O–H groups in total. The molecule has 4 rings (SSSR count). The summed E-state index contributed by atoms with van der Waals surface area (Å²) in [4.78, 5) is 11.9. The molecule has 4 aromatic rings. The number of benzene rings is 3. The lowest BCUT2D eigenvalue weighted by Crippen LogP contribution is -2.18. The van der Waals surface area contributed by atoms with Crippen LogP contribution in [0.2, 0.25) is 0 Å². The monoisotopic (exact) mass is 336 g/mol. The molecule has 0 bridgehead atoms. The van der Waals surface area contributed by atoms with Crippen LogP contribution < -0.4 is 9.47 Å². The average molecular weight is 336 g/mol. The van der Waals surface area contributed by atoms with Gasteiger partial charge in [-0.05, 0) is 36.4 Å². The molecule has 5 heteroatoms. The molecule has 1 aromatic heterocycles. The van der Waals surface area contributed by atoms with Crippen LogP contribution in [-0.2, 0) is 4.79 Å². The largest absolute Gasteiger partial charge is 0.479 e. The first-order valence-electron chi connectivity index (χ1n) is 7.70. The summed E-state index contributed by atoms with van der Waals surface area (Å²) < 4.78 is 29.6. The number of hydrogen-bond acceptors (Lipinski definition) is 4. The van der Waals surface area contributed by atoms with Crippen molar-refractivity contribution >= 4 is 27.9 Å². The first kappa shape index (κ1) is 15.2. The third-order valence-corrected chi connectivity index (χ3v) is 3.76. The minimum absolute atomic E-state index is 0.00994. The Hall–Kier alpha value is -3.34. The van der Waals surface area contributed by atoms with Crippen molar-refractivity contribution in [3.63, 3.8) is 0 Å². The van der Waals surface area contributed by atoms with Crippen LogP contribution in [0, 0.1) is 5.82 Å². The summed E-state index contributed by atoms with van der Waals surface area (Å²) >= 11 is 0. The van der Waals surface area contributed by atoms with Crippen molar-refractivity contribution < 1.29 is 23.1 Å². The Morgan fingerprint density at radius 1 is 0.920 bits per heavy atom. The topological polar surface area (TPSA) is 48.7 Å². The van der Waals surface area contributed by atoms with Gasteiger partial charge in [0, 0.05) is 10.8 Å². The second kappa shape index (κ2) is 6.28. The van der Waals surface area contributed by atoms with Crippen LogP contribution in [-0.4, -0.2) is 12.6 Å². The lowest BCUT2D eigenvalue weighted by atomic mass is 10.1. The Labute approximate surface area is 142 Å². The normalized spacial score (nSPS) is 10.9. The fourth-order valence-electron chi connectivity index (χ4n) is 2.63. The molecule has 1 heterocycles. The fourth-order valence-corrected chi connectivity index (χ4v) is 2.63. The molecule has 0 saturated carbocycles. The van der Waals surface area contributed by atoms with Gasteiger partial charge in [-0.1, -0.05) is 30.3 Å². The van der Waals surface area contributed by atoms with Crippen molar-refractivity contribution in [2.45, 2.75) is 0 Å². The molecular weight excluding hydrogens is 323 g/mol. The molecule has 0 fully saturated rings. The van der Waals surface area contributed by atoms with Gasteiger partial charge in [-0.15, -0.1) is 0 Å². The van der Waals surface area contributed by atoms with Crippen LogP contribution in [0.15, 0.2) is 71.1 Å². The van der Waals surface area contributed by atoms with E-state index in [4.69, 9.17) is 13.9 Å². The van der Waals surface area contributed by atoms with Crippen LogP contribution in [0.5, 0.6) is 11.5 Å². The Morgan fingerprint density at radius 3 is 2.56 bits per heavy atom. The van der Waals surface area contributed by atoms with Gasteiger partial charge in [-0.2, -0.15) is 0 Å². The lowest BCUT2D eigenvalue weighted by Gasteiger charge is -2.07. The third kappa shape index (κ3) is 3.04. The summed E-state index contributed by atoms with van der Waals surface area (Å²) in [6, 6.07) is 18.6. The van der Waals surface area contributed by atoms with Gasteiger partial charge in [-0.3, -0.25) is 0 Å². The van der Waals surface area contributed by atoms with Gasteiger partial charge in [0.25, 0.3) is 0 Å². The highest BCUT2D eigenvalue weighted by atomic mass is 19.1. The minimum atomic E-state index is -0.615. The molecule has 0 aliphatic carbocycles. The lowest BCUT2D eigenvalue weighted by molar-refractivity contribution is -0.136. The molecule has 0 saturated heterocycles. The zero-order valence-electron chi connectivity index (χ0n) is 13.1. The number of carbonyl (C=O) groups is 1. The van der Waals surface area contributed by atoms with E-state index in [-0.39, 0.29) is 12.4 Å². The number of halogens is 1. The predicted molar refractivity (Wildman–Crippen MR) is 91.3 cm³/mol. The maximum absolute atomic E-state index is 13.5. The molecule has 3 aromatic carbocycles. The van der Waals surface area contributed by atoms with E-state index in [1.54, 1.807) is 30.3 Å². The van der Waals surface area contributed by atoms with E-state index in [9.17, 15) is 9.18 Å². The number of rotatable bonds is 4. The molecule has 0 spiro atoms. The van der Waals surface area contributed by atoms with E-state index < -0.39 is 11.8 Å². The number of para-hydroxylation sites is 2. The molecule has 4 nitrogen and oxygen atoms in total. The van der Waals surface area contributed by atoms with Gasteiger partial charge >= 0.3 is 5.97 Å². The SMILES string of the molecule is O=C(COc1ccccc1F)Oc1ccc2oc3ccccc3c2c1. The van der Waals surface area contributed by atoms with Gasteiger partial charge in [0.05, 0.1) is 0 Å². The number of carbonyl (C=O) groups excluding carboxylic acids is 1. The zero-order valence-corrected chi connectivity index (χ0v) is 13.1. The summed E-state index contributed by atoms with van der Waals surface area (Å²) in [7, 11) is 0. The maximum atomic E-state index is 13.5. The van der Waals surface area contributed by atoms with E-state index in [2.05, 4.69) is 0 Å². The van der Waals surface area contributed by atoms with Crippen LogP contribution in [0.25, 0.3) is 21.9 Å². The quantitative estimate of drug-likeness (QED) is 0.400. The molecule has 0 radical (unpaired) electrons. The Kier molecular flexibility index (Phi) is 3.82. The summed E-state index contributed by atoms with van der Waals surface area (Å²) in [6.45, 7) is -0.384. The smallest absolute Gasteiger partial charge is 0.349 e. The van der Waals surface area contributed by atoms with Gasteiger partial charge in [0.15, 0.2) is 18.2 Å². The Bertz CT molecular complexity index is 1070. The van der Waals surface area contributed by atoms with Crippen LogP contribution in [0.4, 0.5) is 4.39 Å². The molecule has 0 aliphatic rings. The second-order valence-electron chi connectivity index (χ2n) is 5.45. The molecule has 124 valence electrons. The van der Waals surface area contributed by atoms with Crippen molar-refractivity contribution in [1.29, 1.82) is 0 Å². The number of fused-ring (bicyclic) bond motifs is 3. The average Bonchev–Trinajstić information content (AvgIpc) is 2.99. The maximum Gasteiger partial charge on any atom is 0.349 e. The van der Waals surface area contributed by atoms with Crippen molar-refractivity contribution in [1.82, 2.24) is 0 Å². The van der Waals surface area contributed by atoms with Crippen LogP contribution in [0.3, 0.4) is 0 Å². The zero-order chi connectivity index (χ0) is 17.2. The van der Waals surface area contributed by atoms with E-state index in [1.165, 1.54) is 12.1 Å². The highest BCUT2D eigenvalue weighted by Crippen LogP contribution is 2.31. The standard InChI is InChI=1S/C20H13FO4/c21-16-6-2-4-8-19(16)23-12-20(22)24-13-9-10-18-15(11-13)14-5-1-3-7-17(14)25-18/h1-11H,12H2. The van der Waals surface area contributed by atoms with Gasteiger partial charge < -0.3 is 13.9 Å². The van der Waals surface area contributed by atoms with Gasteiger partial charge in [0.1, 0.15) is 16.9 Å². The highest BCUT2D eigenvalue weighted by molar-refractivity contribution is 6.05. The Balaban J connectivity index is 1.51. The van der Waals surface area contributed by atoms with Crippen molar-refractivity contribution in [2.24, 2.45) is 0 Å². The van der Waals surface area contributed by atoms with E-state index >= 15 is 0 Å². The van der Waals surface area contributed by atoms with E-state index in [1.807, 2.05) is 24.3 Å². The molecular formula is C20H13FO4. The minimum Gasteiger partial charge on any atom is -0.479 e. The highest BCUT2D eigenvalue weighted by Gasteiger charge is 2.11. The summed E-state index contributed by atoms with van der Waals surface area (Å²) in [5, 5.41) is 1.80. The van der Waals surface area contributed by atoms with E-state index in [0.29, 0.717) is 11.3 Å². The molecule has 0 atom stereocenters. The number of ether oxygens (including phenoxy) is 2. The first-order valence-corrected chi connectivity index (χ1v) is 7.70. The Morgan fingerprint density at radius 2 is 1.68 bits per heavy atom. The fraction of sp³-hybridized carbons (Fsp3) is 0.0500. The summed E-state index contributed by atoms with van der Waals surface area (Å²) in [5.74, 6) is -0.756. The van der Waals surface area contributed by atoms with Crippen molar-refractivity contribution in [3.05, 3.63) is 72.5 Å². The van der Waals surface area contributed by atoms with Gasteiger partial charge in [-0.25, -0.2) is 9.18 Å². The number of furan rings is 1. The summed E-state index contributed by atoms with van der Waals surface area (Å²) in [6.07, 6.45) is 0. The third-order valence-electron chi connectivity index (χ3n) is 3.76. The van der Waals surface area contributed by atoms with Crippen LogP contribution in [0.1, 0.15) is 0 Å². The molecule has 0 aliphatic heterocycles. The molecule has 0 unspecified atom stereocenters. The second-order valence-corrected chi connectivity index (χ2v) is 5.45.